The molecule has 1 aliphatic carbocycles. The standard InChI is InChI=1S/C15H24N2OS/c16-10-14(13-4-2-1-3-5-13)17-15(18)7-6-12-8-9-19-11-12/h8-9,11,13-14H,1-7,10,16H2,(H,17,18). The van der Waals surface area contributed by atoms with Gasteiger partial charge in [0, 0.05) is 19.0 Å². The summed E-state index contributed by atoms with van der Waals surface area (Å²) in [5, 5.41) is 7.30. The lowest BCUT2D eigenvalue weighted by Crippen LogP contribution is -2.45. The lowest BCUT2D eigenvalue weighted by Gasteiger charge is -2.30. The molecule has 4 heteroatoms. The largest absolute Gasteiger partial charge is 0.352 e. The van der Waals surface area contributed by atoms with E-state index in [0.29, 0.717) is 18.9 Å². The maximum atomic E-state index is 12.0. The van der Waals surface area contributed by atoms with Crippen LogP contribution in [0.5, 0.6) is 0 Å². The molecule has 1 aromatic rings. The maximum absolute atomic E-state index is 12.0. The molecule has 106 valence electrons. The van der Waals surface area contributed by atoms with Crippen LogP contribution in [0.1, 0.15) is 44.1 Å². The Morgan fingerprint density at radius 2 is 2.21 bits per heavy atom. The predicted octanol–water partition coefficient (Wildman–Crippen LogP) is 2.70. The van der Waals surface area contributed by atoms with Crippen molar-refractivity contribution in [2.24, 2.45) is 11.7 Å². The summed E-state index contributed by atoms with van der Waals surface area (Å²) in [5.74, 6) is 0.732. The monoisotopic (exact) mass is 280 g/mol. The van der Waals surface area contributed by atoms with Crippen LogP contribution < -0.4 is 11.1 Å². The van der Waals surface area contributed by atoms with Crippen molar-refractivity contribution >= 4 is 17.2 Å². The molecule has 1 unspecified atom stereocenters. The van der Waals surface area contributed by atoms with Gasteiger partial charge < -0.3 is 11.1 Å². The van der Waals surface area contributed by atoms with Gasteiger partial charge in [0.25, 0.3) is 0 Å². The zero-order valence-electron chi connectivity index (χ0n) is 11.4. The van der Waals surface area contributed by atoms with Crippen molar-refractivity contribution in [2.75, 3.05) is 6.54 Å². The summed E-state index contributed by atoms with van der Waals surface area (Å²) in [6.07, 6.45) is 7.73. The number of hydrogen-bond acceptors (Lipinski definition) is 3. The summed E-state index contributed by atoms with van der Waals surface area (Å²) in [6.45, 7) is 0.564. The highest BCUT2D eigenvalue weighted by Gasteiger charge is 2.23. The van der Waals surface area contributed by atoms with Crippen molar-refractivity contribution in [3.63, 3.8) is 0 Å². The summed E-state index contributed by atoms with van der Waals surface area (Å²) in [7, 11) is 0. The third-order valence-corrected chi connectivity index (χ3v) is 4.77. The van der Waals surface area contributed by atoms with E-state index in [9.17, 15) is 4.79 Å². The van der Waals surface area contributed by atoms with Crippen LogP contribution in [0, 0.1) is 5.92 Å². The fourth-order valence-electron chi connectivity index (χ4n) is 2.88. The number of amides is 1. The molecule has 0 aromatic carbocycles. The smallest absolute Gasteiger partial charge is 0.220 e. The second-order valence-corrected chi connectivity index (χ2v) is 6.22. The van der Waals surface area contributed by atoms with E-state index in [1.54, 1.807) is 11.3 Å². The molecule has 1 saturated carbocycles. The minimum atomic E-state index is 0.146. The van der Waals surface area contributed by atoms with Crippen LogP contribution in [-0.4, -0.2) is 18.5 Å². The van der Waals surface area contributed by atoms with Crippen molar-refractivity contribution in [1.82, 2.24) is 5.32 Å². The normalized spacial score (nSPS) is 18.2. The number of aryl methyl sites for hydroxylation is 1. The Bertz CT molecular complexity index is 372. The molecule has 3 N–H and O–H groups in total. The zero-order chi connectivity index (χ0) is 13.5. The predicted molar refractivity (Wildman–Crippen MR) is 80.2 cm³/mol. The molecule has 3 nitrogen and oxygen atoms in total. The fourth-order valence-corrected chi connectivity index (χ4v) is 3.58. The molecule has 1 heterocycles. The third kappa shape index (κ3) is 4.62. The van der Waals surface area contributed by atoms with Gasteiger partial charge in [-0.1, -0.05) is 19.3 Å². The lowest BCUT2D eigenvalue weighted by atomic mass is 9.84. The van der Waals surface area contributed by atoms with Crippen molar-refractivity contribution < 1.29 is 4.79 Å². The third-order valence-electron chi connectivity index (χ3n) is 4.04. The van der Waals surface area contributed by atoms with Crippen molar-refractivity contribution in [1.29, 1.82) is 0 Å². The highest BCUT2D eigenvalue weighted by Crippen LogP contribution is 2.26. The first-order valence-electron chi connectivity index (χ1n) is 7.30. The molecule has 1 aliphatic rings. The van der Waals surface area contributed by atoms with Gasteiger partial charge in [0.15, 0.2) is 0 Å². The van der Waals surface area contributed by atoms with Gasteiger partial charge >= 0.3 is 0 Å². The molecule has 0 radical (unpaired) electrons. The second-order valence-electron chi connectivity index (χ2n) is 5.44. The number of thiophene rings is 1. The van der Waals surface area contributed by atoms with Gasteiger partial charge in [0.1, 0.15) is 0 Å². The Balaban J connectivity index is 1.75. The maximum Gasteiger partial charge on any atom is 0.220 e. The molecular weight excluding hydrogens is 256 g/mol. The molecule has 0 saturated heterocycles. The van der Waals surface area contributed by atoms with E-state index >= 15 is 0 Å². The van der Waals surface area contributed by atoms with Crippen LogP contribution >= 0.6 is 11.3 Å². The number of nitrogens with two attached hydrogens (primary N) is 1. The van der Waals surface area contributed by atoms with Gasteiger partial charge in [0.05, 0.1) is 0 Å². The van der Waals surface area contributed by atoms with Crippen molar-refractivity contribution in [3.05, 3.63) is 22.4 Å². The average Bonchev–Trinajstić information content (AvgIpc) is 2.97. The number of hydrogen-bond donors (Lipinski definition) is 2. The van der Waals surface area contributed by atoms with Crippen LogP contribution in [0.25, 0.3) is 0 Å². The Hall–Kier alpha value is -0.870. The topological polar surface area (TPSA) is 55.1 Å². The summed E-state index contributed by atoms with van der Waals surface area (Å²) in [4.78, 5) is 12.0. The fraction of sp³-hybridized carbons (Fsp3) is 0.667. The van der Waals surface area contributed by atoms with E-state index in [1.165, 1.54) is 37.7 Å². The molecule has 0 aliphatic heterocycles. The van der Waals surface area contributed by atoms with Gasteiger partial charge in [0.2, 0.25) is 5.91 Å². The highest BCUT2D eigenvalue weighted by molar-refractivity contribution is 7.07. The molecule has 19 heavy (non-hydrogen) atoms. The van der Waals surface area contributed by atoms with Crippen LogP contribution in [-0.2, 0) is 11.2 Å². The first kappa shape index (κ1) is 14.5. The molecule has 0 spiro atoms. The van der Waals surface area contributed by atoms with Gasteiger partial charge in [-0.3, -0.25) is 4.79 Å². The van der Waals surface area contributed by atoms with E-state index in [-0.39, 0.29) is 11.9 Å². The molecular formula is C15H24N2OS. The van der Waals surface area contributed by atoms with Crippen molar-refractivity contribution in [2.45, 2.75) is 51.0 Å². The minimum Gasteiger partial charge on any atom is -0.352 e. The SMILES string of the molecule is NCC(NC(=O)CCc1ccsc1)C1CCCCC1. The van der Waals surface area contributed by atoms with E-state index in [1.807, 2.05) is 0 Å². The molecule has 1 amide bonds. The van der Waals surface area contributed by atoms with Gasteiger partial charge in [-0.2, -0.15) is 11.3 Å². The first-order valence-corrected chi connectivity index (χ1v) is 8.24. The molecule has 0 bridgehead atoms. The Morgan fingerprint density at radius 3 is 2.84 bits per heavy atom. The molecule has 1 fully saturated rings. The summed E-state index contributed by atoms with van der Waals surface area (Å²) < 4.78 is 0. The Kier molecular flexibility index (Phi) is 5.86. The Labute approximate surface area is 119 Å². The van der Waals surface area contributed by atoms with Crippen LogP contribution in [0.2, 0.25) is 0 Å². The number of nitrogens with one attached hydrogen (secondary N) is 1. The number of carbonyl (C=O) groups excluding carboxylic acids is 1. The Morgan fingerprint density at radius 1 is 1.42 bits per heavy atom. The quantitative estimate of drug-likeness (QED) is 0.842. The average molecular weight is 280 g/mol. The first-order chi connectivity index (χ1) is 9.29. The van der Waals surface area contributed by atoms with Crippen LogP contribution in [0.4, 0.5) is 0 Å². The summed E-state index contributed by atoms with van der Waals surface area (Å²) in [6, 6.07) is 2.26. The van der Waals surface area contributed by atoms with Crippen molar-refractivity contribution in [3.8, 4) is 0 Å². The zero-order valence-corrected chi connectivity index (χ0v) is 12.3. The second kappa shape index (κ2) is 7.65. The molecule has 1 atom stereocenters. The van der Waals surface area contributed by atoms with E-state index in [4.69, 9.17) is 5.73 Å². The minimum absolute atomic E-state index is 0.146. The molecule has 1 aromatic heterocycles. The summed E-state index contributed by atoms with van der Waals surface area (Å²) >= 11 is 1.68. The van der Waals surface area contributed by atoms with Gasteiger partial charge in [-0.25, -0.2) is 0 Å². The number of rotatable bonds is 6. The van der Waals surface area contributed by atoms with Crippen LogP contribution in [0.15, 0.2) is 16.8 Å². The number of carbonyl (C=O) groups is 1. The van der Waals surface area contributed by atoms with Crippen LogP contribution in [0.3, 0.4) is 0 Å². The van der Waals surface area contributed by atoms with E-state index < -0.39 is 0 Å². The van der Waals surface area contributed by atoms with E-state index in [2.05, 4.69) is 22.1 Å². The van der Waals surface area contributed by atoms with Gasteiger partial charge in [-0.05, 0) is 47.6 Å². The summed E-state index contributed by atoms with van der Waals surface area (Å²) in [5.41, 5.74) is 7.08. The molecule has 2 rings (SSSR count). The lowest BCUT2D eigenvalue weighted by molar-refractivity contribution is -0.122. The highest BCUT2D eigenvalue weighted by atomic mass is 32.1. The van der Waals surface area contributed by atoms with Gasteiger partial charge in [-0.15, -0.1) is 0 Å². The van der Waals surface area contributed by atoms with E-state index in [0.717, 1.165) is 6.42 Å².